The molecule has 0 aliphatic heterocycles. The summed E-state index contributed by atoms with van der Waals surface area (Å²) in [5.41, 5.74) is 9.74. The Balaban J connectivity index is 1.29. The fraction of sp³-hybridized carbons (Fsp3) is 0. The number of nitriles is 2. The van der Waals surface area contributed by atoms with Crippen LogP contribution in [0.25, 0.3) is 95.0 Å². The lowest BCUT2D eigenvalue weighted by Crippen LogP contribution is -2.03. The molecule has 0 atom stereocenters. The number of fused-ring (bicyclic) bond motifs is 3. The summed E-state index contributed by atoms with van der Waals surface area (Å²) in [6.07, 6.45) is 0. The Morgan fingerprint density at radius 1 is 0.393 bits per heavy atom. The van der Waals surface area contributed by atoms with E-state index in [-0.39, 0.29) is 5.56 Å². The van der Waals surface area contributed by atoms with Crippen molar-refractivity contribution in [1.29, 1.82) is 10.5 Å². The van der Waals surface area contributed by atoms with Crippen LogP contribution in [0.4, 0.5) is 8.78 Å². The molecule has 61 heavy (non-hydrogen) atoms. The molecule has 2 aromatic heterocycles. The molecular weight excluding hydrogens is 759 g/mol. The zero-order valence-electron chi connectivity index (χ0n) is 32.3. The minimum atomic E-state index is -0.712. The second-order valence-electron chi connectivity index (χ2n) is 14.6. The molecule has 0 fully saturated rings. The highest BCUT2D eigenvalue weighted by Crippen LogP contribution is 2.41. The van der Waals surface area contributed by atoms with Crippen LogP contribution in [0, 0.1) is 34.3 Å². The number of nitrogens with zero attached hydrogens (tertiary/aromatic N) is 6. The van der Waals surface area contributed by atoms with E-state index in [1.54, 1.807) is 12.1 Å². The third-order valence-corrected chi connectivity index (χ3v) is 10.8. The predicted molar refractivity (Wildman–Crippen MR) is 236 cm³/mol. The lowest BCUT2D eigenvalue weighted by atomic mass is 9.99. The van der Waals surface area contributed by atoms with Crippen molar-refractivity contribution in [1.82, 2.24) is 19.5 Å². The van der Waals surface area contributed by atoms with Crippen LogP contribution in [-0.2, 0) is 0 Å². The van der Waals surface area contributed by atoms with E-state index in [1.807, 2.05) is 127 Å². The molecule has 0 N–H and O–H groups in total. The molecule has 6 nitrogen and oxygen atoms in total. The summed E-state index contributed by atoms with van der Waals surface area (Å²) >= 11 is 0. The molecule has 0 aliphatic carbocycles. The maximum atomic E-state index is 16.1. The number of benzene rings is 8. The average Bonchev–Trinajstić information content (AvgIpc) is 3.64. The van der Waals surface area contributed by atoms with Gasteiger partial charge in [0.2, 0.25) is 0 Å². The Bertz CT molecular complexity index is 3250. The van der Waals surface area contributed by atoms with E-state index in [4.69, 9.17) is 15.0 Å². The first kappa shape index (κ1) is 36.7. The summed E-state index contributed by atoms with van der Waals surface area (Å²) < 4.78 is 32.7. The third-order valence-electron chi connectivity index (χ3n) is 10.8. The van der Waals surface area contributed by atoms with Gasteiger partial charge in [-0.15, -0.1) is 0 Å². The molecule has 10 aromatic rings. The highest BCUT2D eigenvalue weighted by Gasteiger charge is 2.22. The Morgan fingerprint density at radius 3 is 1.36 bits per heavy atom. The van der Waals surface area contributed by atoms with Crippen molar-refractivity contribution in [3.8, 4) is 85.4 Å². The fourth-order valence-electron chi connectivity index (χ4n) is 7.90. The van der Waals surface area contributed by atoms with Gasteiger partial charge in [0.1, 0.15) is 11.6 Å². The summed E-state index contributed by atoms with van der Waals surface area (Å²) in [5.74, 6) is -0.00798. The van der Waals surface area contributed by atoms with E-state index in [9.17, 15) is 14.9 Å². The largest absolute Gasteiger partial charge is 0.309 e. The second-order valence-corrected chi connectivity index (χ2v) is 14.6. The van der Waals surface area contributed by atoms with E-state index >= 15 is 4.39 Å². The van der Waals surface area contributed by atoms with Gasteiger partial charge in [-0.25, -0.2) is 23.7 Å². The van der Waals surface area contributed by atoms with Gasteiger partial charge in [0.15, 0.2) is 17.5 Å². The molecule has 8 heteroatoms. The maximum absolute atomic E-state index is 16.1. The summed E-state index contributed by atoms with van der Waals surface area (Å²) in [6, 6.07) is 60.3. The zero-order valence-corrected chi connectivity index (χ0v) is 32.3. The third kappa shape index (κ3) is 6.85. The van der Waals surface area contributed by atoms with Crippen molar-refractivity contribution >= 4 is 21.8 Å². The monoisotopic (exact) mass is 788 g/mol. The molecule has 0 spiro atoms. The average molecular weight is 789 g/mol. The lowest BCUT2D eigenvalue weighted by molar-refractivity contribution is 0.585. The van der Waals surface area contributed by atoms with Gasteiger partial charge in [-0.3, -0.25) is 0 Å². The van der Waals surface area contributed by atoms with Crippen LogP contribution < -0.4 is 0 Å². The predicted octanol–water partition coefficient (Wildman–Crippen LogP) is 13.0. The number of halogens is 2. The minimum absolute atomic E-state index is 0.208. The van der Waals surface area contributed by atoms with E-state index in [0.717, 1.165) is 61.3 Å². The normalized spacial score (nSPS) is 11.1. The minimum Gasteiger partial charge on any atom is -0.309 e. The fourth-order valence-corrected chi connectivity index (χ4v) is 7.90. The molecule has 0 bridgehead atoms. The van der Waals surface area contributed by atoms with Crippen LogP contribution in [0.3, 0.4) is 0 Å². The quantitative estimate of drug-likeness (QED) is 0.160. The van der Waals surface area contributed by atoms with Crippen LogP contribution in [0.2, 0.25) is 0 Å². The Kier molecular flexibility index (Phi) is 9.21. The highest BCUT2D eigenvalue weighted by molar-refractivity contribution is 6.12. The molecule has 0 saturated heterocycles. The summed E-state index contributed by atoms with van der Waals surface area (Å²) in [5, 5.41) is 21.4. The van der Waals surface area contributed by atoms with Gasteiger partial charge in [0.25, 0.3) is 0 Å². The van der Waals surface area contributed by atoms with E-state index in [1.165, 1.54) is 12.1 Å². The zero-order chi connectivity index (χ0) is 41.5. The van der Waals surface area contributed by atoms with Crippen molar-refractivity contribution in [2.45, 2.75) is 0 Å². The first-order valence-corrected chi connectivity index (χ1v) is 19.5. The van der Waals surface area contributed by atoms with Crippen LogP contribution >= 0.6 is 0 Å². The molecular formula is C53H30F2N6. The SMILES string of the molecule is N#Cc1cccc(-c2ccc3c4ccc(-c5cccc(C#N)c5)cc4n(-c4cc(-c5nc(-c6ccccc6)nc(-c6ccccc6)n5)ccc4-c4ccc(F)cc4F)c3c2)c1. The van der Waals surface area contributed by atoms with Crippen molar-refractivity contribution in [3.05, 3.63) is 205 Å². The molecule has 0 aliphatic rings. The standard InChI is InChI=1S/C53H30F2N6/c54-42-20-24-43(47(55)30-42)44-23-19-41(53-59-51(35-11-3-1-4-12-35)58-52(60-53)36-13-5-2-6-14-36)29-50(44)61-48-27-39(37-15-7-9-33(25-37)31-56)17-21-45(48)46-22-18-40(28-49(46)61)38-16-8-10-34(26-38)32-57/h1-30H. The van der Waals surface area contributed by atoms with Gasteiger partial charge in [-0.05, 0) is 76.9 Å². The Labute approximate surface area is 349 Å². The van der Waals surface area contributed by atoms with Gasteiger partial charge >= 0.3 is 0 Å². The molecule has 10 rings (SSSR count). The molecule has 286 valence electrons. The maximum Gasteiger partial charge on any atom is 0.164 e. The number of hydrogen-bond acceptors (Lipinski definition) is 5. The number of aromatic nitrogens is 4. The molecule has 0 amide bonds. The first-order valence-electron chi connectivity index (χ1n) is 19.5. The van der Waals surface area contributed by atoms with Crippen LogP contribution in [-0.4, -0.2) is 19.5 Å². The van der Waals surface area contributed by atoms with Gasteiger partial charge in [0, 0.05) is 44.7 Å². The van der Waals surface area contributed by atoms with E-state index < -0.39 is 11.6 Å². The van der Waals surface area contributed by atoms with Gasteiger partial charge in [-0.1, -0.05) is 121 Å². The van der Waals surface area contributed by atoms with Crippen LogP contribution in [0.5, 0.6) is 0 Å². The Hall–Kier alpha value is -8.59. The number of hydrogen-bond donors (Lipinski definition) is 0. The molecule has 2 heterocycles. The molecule has 0 unspecified atom stereocenters. The van der Waals surface area contributed by atoms with Crippen molar-refractivity contribution in [2.24, 2.45) is 0 Å². The summed E-state index contributed by atoms with van der Waals surface area (Å²) in [7, 11) is 0. The topological polar surface area (TPSA) is 91.2 Å². The lowest BCUT2D eigenvalue weighted by Gasteiger charge is -2.17. The molecule has 0 saturated carbocycles. The van der Waals surface area contributed by atoms with Gasteiger partial charge < -0.3 is 4.57 Å². The van der Waals surface area contributed by atoms with Gasteiger partial charge in [0.05, 0.1) is 40.0 Å². The highest BCUT2D eigenvalue weighted by atomic mass is 19.1. The molecule has 8 aromatic carbocycles. The van der Waals surface area contributed by atoms with Crippen molar-refractivity contribution in [3.63, 3.8) is 0 Å². The summed E-state index contributed by atoms with van der Waals surface area (Å²) in [4.78, 5) is 14.9. The number of rotatable bonds is 7. The Morgan fingerprint density at radius 2 is 0.852 bits per heavy atom. The molecule has 0 radical (unpaired) electrons. The van der Waals surface area contributed by atoms with E-state index in [2.05, 4.69) is 41.0 Å². The smallest absolute Gasteiger partial charge is 0.164 e. The second kappa shape index (κ2) is 15.3. The van der Waals surface area contributed by atoms with Crippen LogP contribution in [0.15, 0.2) is 182 Å². The van der Waals surface area contributed by atoms with Crippen LogP contribution in [0.1, 0.15) is 11.1 Å². The van der Waals surface area contributed by atoms with E-state index in [0.29, 0.717) is 45.4 Å². The van der Waals surface area contributed by atoms with Crippen molar-refractivity contribution < 1.29 is 8.78 Å². The van der Waals surface area contributed by atoms with Crippen molar-refractivity contribution in [2.75, 3.05) is 0 Å². The summed E-state index contributed by atoms with van der Waals surface area (Å²) in [6.45, 7) is 0. The van der Waals surface area contributed by atoms with Gasteiger partial charge in [-0.2, -0.15) is 10.5 Å². The first-order chi connectivity index (χ1) is 29.9.